The smallest absolute Gasteiger partial charge is 0.278 e. The van der Waals surface area contributed by atoms with Crippen LogP contribution < -0.4 is 10.2 Å². The highest BCUT2D eigenvalue weighted by Crippen LogP contribution is 2.53. The normalized spacial score (nSPS) is 25.8. The Labute approximate surface area is 194 Å². The van der Waals surface area contributed by atoms with Gasteiger partial charge in [-0.2, -0.15) is 0 Å². The van der Waals surface area contributed by atoms with Crippen LogP contribution in [0.1, 0.15) is 37.3 Å². The molecule has 0 spiro atoms. The highest BCUT2D eigenvalue weighted by Gasteiger charge is 2.58. The number of aromatic nitrogens is 2. The lowest BCUT2D eigenvalue weighted by Gasteiger charge is -2.41. The van der Waals surface area contributed by atoms with Gasteiger partial charge in [-0.15, -0.1) is 0 Å². The first-order valence-electron chi connectivity index (χ1n) is 10.7. The standard InChI is InChI=1S/C23H24ClF3N4O2/c1-13-3-5-17(6-4-13)31(20(32)19(24)25)22(2,16-10-28-12-29-11-16)21(33)30-18-8-15-7-14(18)9-23(15,26)27/h3-6,10-12,14-15,18-19H,7-9H2,1-2H3,(H,30,33)/t14?,15?,18-,19-,22+/m0/s1. The summed E-state index contributed by atoms with van der Waals surface area (Å²) in [6.45, 7) is 3.29. The first kappa shape index (κ1) is 23.5. The Hall–Kier alpha value is -2.68. The molecule has 5 atom stereocenters. The molecule has 33 heavy (non-hydrogen) atoms. The summed E-state index contributed by atoms with van der Waals surface area (Å²) in [7, 11) is 0. The maximum atomic E-state index is 14.2. The zero-order chi connectivity index (χ0) is 24.0. The summed E-state index contributed by atoms with van der Waals surface area (Å²) >= 11 is 5.55. The van der Waals surface area contributed by atoms with Crippen molar-refractivity contribution in [3.63, 3.8) is 0 Å². The van der Waals surface area contributed by atoms with Crippen molar-refractivity contribution in [1.82, 2.24) is 15.3 Å². The monoisotopic (exact) mass is 480 g/mol. The van der Waals surface area contributed by atoms with Crippen LogP contribution in [0.25, 0.3) is 0 Å². The lowest BCUT2D eigenvalue weighted by Crippen LogP contribution is -2.60. The van der Waals surface area contributed by atoms with Gasteiger partial charge in [0.15, 0.2) is 5.54 Å². The number of hydrogen-bond donors (Lipinski definition) is 1. The number of amides is 2. The van der Waals surface area contributed by atoms with E-state index in [2.05, 4.69) is 15.3 Å². The van der Waals surface area contributed by atoms with Crippen molar-refractivity contribution in [3.8, 4) is 0 Å². The molecule has 0 saturated heterocycles. The number of carbonyl (C=O) groups is 2. The molecule has 2 amide bonds. The van der Waals surface area contributed by atoms with Crippen molar-refractivity contribution in [2.75, 3.05) is 4.90 Å². The molecule has 2 fully saturated rings. The fourth-order valence-electron chi connectivity index (χ4n) is 5.01. The molecule has 10 heteroatoms. The minimum absolute atomic E-state index is 0.143. The van der Waals surface area contributed by atoms with E-state index >= 15 is 0 Å². The molecule has 2 aliphatic carbocycles. The van der Waals surface area contributed by atoms with Crippen LogP contribution in [-0.2, 0) is 15.1 Å². The predicted octanol–water partition coefficient (Wildman–Crippen LogP) is 4.12. The minimum Gasteiger partial charge on any atom is -0.351 e. The molecule has 2 aliphatic rings. The van der Waals surface area contributed by atoms with E-state index in [4.69, 9.17) is 11.6 Å². The average Bonchev–Trinajstić information content (AvgIpc) is 3.31. The number of carbonyl (C=O) groups excluding carboxylic acids is 2. The first-order valence-corrected chi connectivity index (χ1v) is 11.1. The maximum absolute atomic E-state index is 14.2. The minimum atomic E-state index is -2.73. The van der Waals surface area contributed by atoms with E-state index in [1.54, 1.807) is 24.3 Å². The fraction of sp³-hybridized carbons (Fsp3) is 0.478. The van der Waals surface area contributed by atoms with Gasteiger partial charge >= 0.3 is 0 Å². The van der Waals surface area contributed by atoms with Gasteiger partial charge in [-0.05, 0) is 44.7 Å². The number of fused-ring (bicyclic) bond motifs is 2. The molecule has 2 unspecified atom stereocenters. The number of benzene rings is 1. The van der Waals surface area contributed by atoms with E-state index in [0.717, 1.165) is 10.5 Å². The topological polar surface area (TPSA) is 75.2 Å². The van der Waals surface area contributed by atoms with Crippen LogP contribution in [0, 0.1) is 18.8 Å². The van der Waals surface area contributed by atoms with Crippen molar-refractivity contribution in [2.24, 2.45) is 11.8 Å². The van der Waals surface area contributed by atoms with E-state index in [-0.39, 0.29) is 30.0 Å². The molecule has 1 aromatic heterocycles. The molecule has 1 N–H and O–H groups in total. The van der Waals surface area contributed by atoms with Gasteiger partial charge in [-0.25, -0.2) is 23.1 Å². The first-order chi connectivity index (χ1) is 15.5. The van der Waals surface area contributed by atoms with Gasteiger partial charge in [0.1, 0.15) is 6.33 Å². The number of hydrogen-bond acceptors (Lipinski definition) is 4. The Bertz CT molecular complexity index is 1040. The molecule has 6 nitrogen and oxygen atoms in total. The Balaban J connectivity index is 1.75. The number of alkyl halides is 4. The van der Waals surface area contributed by atoms with Crippen LogP contribution in [0.5, 0.6) is 0 Å². The van der Waals surface area contributed by atoms with Crippen LogP contribution in [0.4, 0.5) is 18.9 Å². The number of halogens is 4. The summed E-state index contributed by atoms with van der Waals surface area (Å²) in [5.74, 6) is -5.67. The second-order valence-corrected chi connectivity index (χ2v) is 9.37. The molecule has 2 bridgehead atoms. The van der Waals surface area contributed by atoms with Crippen molar-refractivity contribution in [2.45, 2.75) is 56.2 Å². The molecule has 2 saturated carbocycles. The van der Waals surface area contributed by atoms with E-state index in [1.165, 1.54) is 25.6 Å². The summed E-state index contributed by atoms with van der Waals surface area (Å²) in [5.41, 5.74) is -2.84. The second-order valence-electron chi connectivity index (χ2n) is 8.98. The Morgan fingerprint density at radius 3 is 2.36 bits per heavy atom. The third-order valence-corrected chi connectivity index (χ3v) is 7.04. The molecule has 2 aromatic rings. The molecule has 0 radical (unpaired) electrons. The highest BCUT2D eigenvalue weighted by molar-refractivity contribution is 6.32. The van der Waals surface area contributed by atoms with Crippen LogP contribution >= 0.6 is 11.6 Å². The van der Waals surface area contributed by atoms with E-state index in [0.29, 0.717) is 6.42 Å². The number of rotatable bonds is 6. The zero-order valence-electron chi connectivity index (χ0n) is 18.1. The van der Waals surface area contributed by atoms with E-state index in [1.807, 2.05) is 6.92 Å². The predicted molar refractivity (Wildman–Crippen MR) is 117 cm³/mol. The summed E-state index contributed by atoms with van der Waals surface area (Å²) in [6, 6.07) is 6.13. The molecule has 0 aliphatic heterocycles. The van der Waals surface area contributed by atoms with Crippen molar-refractivity contribution >= 4 is 29.1 Å². The molecule has 1 aromatic carbocycles. The van der Waals surface area contributed by atoms with Gasteiger partial charge in [0.05, 0.1) is 0 Å². The molecule has 4 rings (SSSR count). The van der Waals surface area contributed by atoms with Crippen LogP contribution in [0.2, 0.25) is 0 Å². The van der Waals surface area contributed by atoms with Gasteiger partial charge in [-0.3, -0.25) is 14.5 Å². The quantitative estimate of drug-likeness (QED) is 0.631. The SMILES string of the molecule is Cc1ccc(N(C(=O)[C@H](F)Cl)[C@@](C)(C(=O)N[C@H]2CC3CC2CC3(F)F)c2cncnc2)cc1. The second kappa shape index (κ2) is 8.59. The fourth-order valence-corrected chi connectivity index (χ4v) is 5.10. The Morgan fingerprint density at radius 1 is 1.21 bits per heavy atom. The van der Waals surface area contributed by atoms with Crippen LogP contribution in [0.3, 0.4) is 0 Å². The third-order valence-electron chi connectivity index (χ3n) is 6.85. The summed E-state index contributed by atoms with van der Waals surface area (Å²) in [5, 5.41) is 2.86. The van der Waals surface area contributed by atoms with Gasteiger partial charge in [-0.1, -0.05) is 29.3 Å². The summed E-state index contributed by atoms with van der Waals surface area (Å²) in [4.78, 5) is 35.7. The van der Waals surface area contributed by atoms with Crippen LogP contribution in [0.15, 0.2) is 43.0 Å². The summed E-state index contributed by atoms with van der Waals surface area (Å²) < 4.78 is 42.1. The largest absolute Gasteiger partial charge is 0.351 e. The molecular formula is C23H24ClF3N4O2. The number of nitrogens with zero attached hydrogens (tertiary/aromatic N) is 3. The Kier molecular flexibility index (Phi) is 6.11. The van der Waals surface area contributed by atoms with Crippen LogP contribution in [-0.4, -0.2) is 39.4 Å². The third kappa shape index (κ3) is 4.18. The Morgan fingerprint density at radius 2 is 1.85 bits per heavy atom. The lowest BCUT2D eigenvalue weighted by molar-refractivity contribution is -0.132. The van der Waals surface area contributed by atoms with Gasteiger partial charge < -0.3 is 5.32 Å². The lowest BCUT2D eigenvalue weighted by atomic mass is 9.87. The number of anilines is 1. The van der Waals surface area contributed by atoms with E-state index < -0.39 is 40.9 Å². The summed E-state index contributed by atoms with van der Waals surface area (Å²) in [6.07, 6.45) is 4.16. The molecule has 176 valence electrons. The van der Waals surface area contributed by atoms with Crippen molar-refractivity contribution in [1.29, 1.82) is 0 Å². The highest BCUT2D eigenvalue weighted by atomic mass is 35.5. The average molecular weight is 481 g/mol. The van der Waals surface area contributed by atoms with Gasteiger partial charge in [0.25, 0.3) is 23.4 Å². The van der Waals surface area contributed by atoms with Gasteiger partial charge in [0.2, 0.25) is 0 Å². The van der Waals surface area contributed by atoms with Gasteiger partial charge in [0, 0.05) is 42.0 Å². The number of nitrogens with one attached hydrogen (secondary N) is 1. The van der Waals surface area contributed by atoms with Crippen molar-refractivity contribution in [3.05, 3.63) is 54.1 Å². The number of aryl methyl sites for hydroxylation is 1. The van der Waals surface area contributed by atoms with Crippen molar-refractivity contribution < 1.29 is 22.8 Å². The zero-order valence-corrected chi connectivity index (χ0v) is 18.9. The van der Waals surface area contributed by atoms with E-state index in [9.17, 15) is 22.8 Å². The molecule has 1 heterocycles. The molecular weight excluding hydrogens is 457 g/mol. The maximum Gasteiger partial charge on any atom is 0.278 e.